The Morgan fingerprint density at radius 1 is 1.17 bits per heavy atom. The molecule has 0 N–H and O–H groups in total. The lowest BCUT2D eigenvalue weighted by molar-refractivity contribution is 0.304. The first-order valence-corrected chi connectivity index (χ1v) is 9.85. The molecule has 0 fully saturated rings. The van der Waals surface area contributed by atoms with Gasteiger partial charge >= 0.3 is 0 Å². The Morgan fingerprint density at radius 3 is 2.50 bits per heavy atom. The van der Waals surface area contributed by atoms with Gasteiger partial charge in [0.2, 0.25) is 0 Å². The highest BCUT2D eigenvalue weighted by Crippen LogP contribution is 2.63. The van der Waals surface area contributed by atoms with Gasteiger partial charge in [0.05, 0.1) is 12.4 Å². The molecule has 0 radical (unpaired) electrons. The van der Waals surface area contributed by atoms with Crippen molar-refractivity contribution >= 4 is 12.4 Å². The van der Waals surface area contributed by atoms with Crippen LogP contribution in [0.4, 0.5) is 0 Å². The number of hydrogen-bond donors (Lipinski definition) is 0. The molecule has 24 heavy (non-hydrogen) atoms. The van der Waals surface area contributed by atoms with Crippen LogP contribution in [-0.4, -0.2) is 18.6 Å². The van der Waals surface area contributed by atoms with Gasteiger partial charge in [-0.1, -0.05) is 51.1 Å². The number of benzene rings is 2. The van der Waals surface area contributed by atoms with Crippen molar-refractivity contribution in [3.63, 3.8) is 0 Å². The van der Waals surface area contributed by atoms with Crippen LogP contribution in [0, 0.1) is 0 Å². The van der Waals surface area contributed by atoms with Gasteiger partial charge in [0.25, 0.3) is 0 Å². The number of fused-ring (bicyclic) bond motifs is 1. The normalized spacial score (nSPS) is 19.5. The van der Waals surface area contributed by atoms with E-state index in [1.807, 2.05) is 51.1 Å². The van der Waals surface area contributed by atoms with Crippen LogP contribution in [0.25, 0.3) is 0 Å². The predicted octanol–water partition coefficient (Wildman–Crippen LogP) is 4.41. The van der Waals surface area contributed by atoms with Gasteiger partial charge in [-0.05, 0) is 5.56 Å². The largest absolute Gasteiger partial charge is 0.496 e. The maximum atomic E-state index is 13.6. The summed E-state index contributed by atoms with van der Waals surface area (Å²) in [6, 6.07) is 13.5. The molecule has 0 saturated carbocycles. The molecule has 0 aromatic heterocycles. The minimum atomic E-state index is -2.74. The number of rotatable bonds is 4. The molecular weight excluding hydrogens is 323 g/mol. The smallest absolute Gasteiger partial charge is 0.163 e. The molecule has 0 amide bonds. The standard InChI is InChI=1S/C19H23O4P/c1-19(2,3)24(20)13-23-17-11-15(21-4)10-16(18(17)24)22-12-14-8-6-5-7-9-14/h5-11H,12-13H2,1-4H3. The summed E-state index contributed by atoms with van der Waals surface area (Å²) in [5.74, 6) is 1.83. The molecule has 1 aliphatic heterocycles. The van der Waals surface area contributed by atoms with Crippen molar-refractivity contribution in [2.75, 3.05) is 13.5 Å². The molecule has 3 rings (SSSR count). The molecule has 1 aliphatic rings. The summed E-state index contributed by atoms with van der Waals surface area (Å²) in [4.78, 5) is 0. The van der Waals surface area contributed by atoms with Crippen molar-refractivity contribution in [2.45, 2.75) is 32.5 Å². The Labute approximate surface area is 143 Å². The third-order valence-electron chi connectivity index (χ3n) is 4.33. The lowest BCUT2D eigenvalue weighted by Gasteiger charge is -2.27. The SMILES string of the molecule is COc1cc(OCc2ccccc2)c2c(c1)OCP2(=O)C(C)(C)C. The van der Waals surface area contributed by atoms with Crippen LogP contribution in [0.15, 0.2) is 42.5 Å². The maximum Gasteiger partial charge on any atom is 0.163 e. The topological polar surface area (TPSA) is 44.8 Å². The second-order valence-corrected chi connectivity index (χ2v) is 10.5. The van der Waals surface area contributed by atoms with Crippen LogP contribution in [0.1, 0.15) is 26.3 Å². The van der Waals surface area contributed by atoms with Crippen LogP contribution in [0.5, 0.6) is 17.2 Å². The molecule has 0 aliphatic carbocycles. The molecule has 0 spiro atoms. The Hall–Kier alpha value is -1.93. The highest BCUT2D eigenvalue weighted by atomic mass is 31.2. The molecule has 4 nitrogen and oxygen atoms in total. The van der Waals surface area contributed by atoms with Gasteiger partial charge in [-0.3, -0.25) is 0 Å². The molecule has 0 saturated heterocycles. The second-order valence-electron chi connectivity index (χ2n) is 6.93. The van der Waals surface area contributed by atoms with Gasteiger partial charge in [0.1, 0.15) is 30.2 Å². The fourth-order valence-corrected chi connectivity index (χ4v) is 5.22. The van der Waals surface area contributed by atoms with E-state index >= 15 is 0 Å². The van der Waals surface area contributed by atoms with Gasteiger partial charge in [-0.2, -0.15) is 0 Å². The van der Waals surface area contributed by atoms with Crippen molar-refractivity contribution in [1.82, 2.24) is 0 Å². The van der Waals surface area contributed by atoms with E-state index in [1.165, 1.54) is 0 Å². The van der Waals surface area contributed by atoms with Gasteiger partial charge < -0.3 is 18.8 Å². The van der Waals surface area contributed by atoms with Crippen LogP contribution in [0.3, 0.4) is 0 Å². The van der Waals surface area contributed by atoms with Crippen LogP contribution in [-0.2, 0) is 11.2 Å². The zero-order valence-electron chi connectivity index (χ0n) is 14.5. The van der Waals surface area contributed by atoms with Crippen LogP contribution in [0.2, 0.25) is 0 Å². The van der Waals surface area contributed by atoms with Crippen molar-refractivity contribution in [3.8, 4) is 17.2 Å². The molecule has 2 aromatic rings. The van der Waals surface area contributed by atoms with Crippen LogP contribution < -0.4 is 19.5 Å². The molecule has 0 bridgehead atoms. The zero-order valence-corrected chi connectivity index (χ0v) is 15.4. The molecule has 5 heteroatoms. The fraction of sp³-hybridized carbons (Fsp3) is 0.368. The number of ether oxygens (including phenoxy) is 3. The van der Waals surface area contributed by atoms with E-state index in [-0.39, 0.29) is 6.35 Å². The van der Waals surface area contributed by atoms with E-state index in [9.17, 15) is 4.57 Å². The van der Waals surface area contributed by atoms with E-state index < -0.39 is 12.3 Å². The Balaban J connectivity index is 2.02. The predicted molar refractivity (Wildman–Crippen MR) is 96.3 cm³/mol. The fourth-order valence-electron chi connectivity index (χ4n) is 2.74. The van der Waals surface area contributed by atoms with E-state index in [2.05, 4.69) is 0 Å². The van der Waals surface area contributed by atoms with Gasteiger partial charge in [-0.25, -0.2) is 0 Å². The first-order valence-electron chi connectivity index (χ1n) is 7.96. The van der Waals surface area contributed by atoms with Crippen molar-refractivity contribution in [2.24, 2.45) is 0 Å². The summed E-state index contributed by atoms with van der Waals surface area (Å²) in [6.45, 7) is 6.36. The van der Waals surface area contributed by atoms with Gasteiger partial charge in [0, 0.05) is 17.3 Å². The lowest BCUT2D eigenvalue weighted by Crippen LogP contribution is -2.23. The Kier molecular flexibility index (Phi) is 4.35. The molecule has 1 heterocycles. The summed E-state index contributed by atoms with van der Waals surface area (Å²) in [5, 5.41) is 0.310. The zero-order chi connectivity index (χ0) is 17.4. The van der Waals surface area contributed by atoms with E-state index in [4.69, 9.17) is 14.2 Å². The average molecular weight is 346 g/mol. The molecule has 2 aromatic carbocycles. The van der Waals surface area contributed by atoms with Crippen molar-refractivity contribution in [3.05, 3.63) is 48.0 Å². The maximum absolute atomic E-state index is 13.6. The average Bonchev–Trinajstić information content (AvgIpc) is 2.92. The number of methoxy groups -OCH3 is 1. The van der Waals surface area contributed by atoms with Gasteiger partial charge in [0.15, 0.2) is 7.14 Å². The summed E-state index contributed by atoms with van der Waals surface area (Å²) in [7, 11) is -1.14. The second kappa shape index (κ2) is 6.18. The Morgan fingerprint density at radius 2 is 1.88 bits per heavy atom. The van der Waals surface area contributed by atoms with Gasteiger partial charge in [-0.15, -0.1) is 0 Å². The summed E-state index contributed by atoms with van der Waals surface area (Å²) in [6.07, 6.45) is 0.209. The number of hydrogen-bond acceptors (Lipinski definition) is 4. The summed E-state index contributed by atoms with van der Waals surface area (Å²) >= 11 is 0. The van der Waals surface area contributed by atoms with E-state index in [1.54, 1.807) is 19.2 Å². The molecule has 1 unspecified atom stereocenters. The minimum Gasteiger partial charge on any atom is -0.496 e. The monoisotopic (exact) mass is 346 g/mol. The molecule has 128 valence electrons. The van der Waals surface area contributed by atoms with Crippen molar-refractivity contribution in [1.29, 1.82) is 0 Å². The minimum absolute atomic E-state index is 0.209. The van der Waals surface area contributed by atoms with Crippen molar-refractivity contribution < 1.29 is 18.8 Å². The Bertz CT molecular complexity index is 778. The third-order valence-corrected chi connectivity index (χ3v) is 8.16. The first-order chi connectivity index (χ1) is 11.3. The molecule has 1 atom stereocenters. The highest BCUT2D eigenvalue weighted by molar-refractivity contribution is 7.73. The summed E-state index contributed by atoms with van der Waals surface area (Å²) < 4.78 is 30.8. The quantitative estimate of drug-likeness (QED) is 0.769. The first kappa shape index (κ1) is 16.9. The third kappa shape index (κ3) is 2.91. The lowest BCUT2D eigenvalue weighted by atomic mass is 10.2. The van der Waals surface area contributed by atoms with Crippen LogP contribution >= 0.6 is 7.14 Å². The van der Waals surface area contributed by atoms with E-state index in [0.717, 1.165) is 5.56 Å². The van der Waals surface area contributed by atoms with E-state index in [0.29, 0.717) is 29.2 Å². The summed E-state index contributed by atoms with van der Waals surface area (Å²) in [5.41, 5.74) is 1.05. The molecular formula is C19H23O4P. The highest BCUT2D eigenvalue weighted by Gasteiger charge is 2.47.